The van der Waals surface area contributed by atoms with Crippen molar-refractivity contribution in [2.45, 2.75) is 71.0 Å². The zero-order valence-electron chi connectivity index (χ0n) is 15.6. The second kappa shape index (κ2) is 6.57. The van der Waals surface area contributed by atoms with Crippen LogP contribution in [-0.2, 0) is 14.3 Å². The molecule has 4 saturated carbocycles. The number of rotatable bonds is 4. The molecule has 5 heteroatoms. The molecule has 5 fully saturated rings. The molecule has 0 radical (unpaired) electrons. The van der Waals surface area contributed by atoms with Crippen LogP contribution in [0.3, 0.4) is 0 Å². The van der Waals surface area contributed by atoms with Gasteiger partial charge in [0.25, 0.3) is 0 Å². The van der Waals surface area contributed by atoms with Crippen LogP contribution < -0.4 is 5.32 Å². The van der Waals surface area contributed by atoms with Crippen LogP contribution in [0.2, 0.25) is 0 Å². The van der Waals surface area contributed by atoms with Gasteiger partial charge in [0.2, 0.25) is 11.8 Å². The molecule has 4 bridgehead atoms. The fourth-order valence-electron chi connectivity index (χ4n) is 6.40. The van der Waals surface area contributed by atoms with Gasteiger partial charge >= 0.3 is 0 Å². The monoisotopic (exact) mass is 348 g/mol. The molecule has 5 nitrogen and oxygen atoms in total. The average molecular weight is 348 g/mol. The lowest BCUT2D eigenvalue weighted by Crippen LogP contribution is -2.54. The summed E-state index contributed by atoms with van der Waals surface area (Å²) in [5.74, 6) is 2.68. The van der Waals surface area contributed by atoms with Gasteiger partial charge in [0, 0.05) is 31.5 Å². The van der Waals surface area contributed by atoms with Gasteiger partial charge in [-0.25, -0.2) is 0 Å². The normalized spacial score (nSPS) is 42.5. The van der Waals surface area contributed by atoms with Crippen LogP contribution in [0.25, 0.3) is 0 Å². The third-order valence-electron chi connectivity index (χ3n) is 6.92. The van der Waals surface area contributed by atoms with E-state index in [9.17, 15) is 9.59 Å². The molecular formula is C20H32N2O3. The first-order valence-electron chi connectivity index (χ1n) is 10.1. The molecule has 5 aliphatic rings. The van der Waals surface area contributed by atoms with Gasteiger partial charge in [-0.2, -0.15) is 0 Å². The predicted octanol–water partition coefficient (Wildman–Crippen LogP) is 2.34. The third kappa shape index (κ3) is 3.44. The summed E-state index contributed by atoms with van der Waals surface area (Å²) in [4.78, 5) is 27.2. The van der Waals surface area contributed by atoms with Crippen molar-refractivity contribution in [2.75, 3.05) is 19.6 Å². The molecule has 2 amide bonds. The van der Waals surface area contributed by atoms with Gasteiger partial charge in [0.1, 0.15) is 0 Å². The van der Waals surface area contributed by atoms with E-state index >= 15 is 0 Å². The fourth-order valence-corrected chi connectivity index (χ4v) is 6.40. The lowest BCUT2D eigenvalue weighted by atomic mass is 9.49. The zero-order chi connectivity index (χ0) is 17.6. The highest BCUT2D eigenvalue weighted by molar-refractivity contribution is 5.84. The van der Waals surface area contributed by atoms with Gasteiger partial charge in [-0.05, 0) is 70.1 Å². The molecule has 2 unspecified atom stereocenters. The number of morpholine rings is 1. The van der Waals surface area contributed by atoms with Gasteiger partial charge < -0.3 is 15.0 Å². The SMILES string of the molecule is CC1CN(C(=O)CCNC(=O)C23CC4CC(CC(C4)C2)C3)CC(C)O1. The average Bonchev–Trinajstić information content (AvgIpc) is 2.52. The Hall–Kier alpha value is -1.10. The smallest absolute Gasteiger partial charge is 0.226 e. The van der Waals surface area contributed by atoms with Crippen molar-refractivity contribution >= 4 is 11.8 Å². The van der Waals surface area contributed by atoms with Crippen LogP contribution in [0.1, 0.15) is 58.8 Å². The van der Waals surface area contributed by atoms with Gasteiger partial charge in [0.05, 0.1) is 12.2 Å². The molecule has 1 aliphatic heterocycles. The maximum absolute atomic E-state index is 12.9. The molecule has 0 aromatic carbocycles. The minimum Gasteiger partial charge on any atom is -0.372 e. The van der Waals surface area contributed by atoms with Gasteiger partial charge in [-0.1, -0.05) is 0 Å². The van der Waals surface area contributed by atoms with Crippen molar-refractivity contribution < 1.29 is 14.3 Å². The van der Waals surface area contributed by atoms with Crippen molar-refractivity contribution in [1.82, 2.24) is 10.2 Å². The van der Waals surface area contributed by atoms with Crippen LogP contribution in [0.4, 0.5) is 0 Å². The molecule has 1 heterocycles. The summed E-state index contributed by atoms with van der Waals surface area (Å²) in [7, 11) is 0. The number of nitrogens with zero attached hydrogens (tertiary/aromatic N) is 1. The number of hydrogen-bond acceptors (Lipinski definition) is 3. The minimum absolute atomic E-state index is 0.0920. The summed E-state index contributed by atoms with van der Waals surface area (Å²) < 4.78 is 5.68. The fraction of sp³-hybridized carbons (Fsp3) is 0.900. The summed E-state index contributed by atoms with van der Waals surface area (Å²) in [6, 6.07) is 0. The Labute approximate surface area is 150 Å². The standard InChI is InChI=1S/C20H32N2O3/c1-13-11-22(12-14(2)25-13)18(23)3-4-21-19(24)20-8-15-5-16(9-20)7-17(6-15)10-20/h13-17H,3-12H2,1-2H3,(H,21,24). The zero-order valence-corrected chi connectivity index (χ0v) is 15.6. The van der Waals surface area contributed by atoms with Crippen molar-refractivity contribution in [1.29, 1.82) is 0 Å². The third-order valence-corrected chi connectivity index (χ3v) is 6.92. The first-order valence-corrected chi connectivity index (χ1v) is 10.1. The van der Waals surface area contributed by atoms with Crippen molar-refractivity contribution in [3.8, 4) is 0 Å². The largest absolute Gasteiger partial charge is 0.372 e. The molecule has 0 aromatic heterocycles. The molecule has 1 saturated heterocycles. The quantitative estimate of drug-likeness (QED) is 0.848. The molecule has 140 valence electrons. The van der Waals surface area contributed by atoms with Gasteiger partial charge in [-0.15, -0.1) is 0 Å². The summed E-state index contributed by atoms with van der Waals surface area (Å²) in [5, 5.41) is 3.11. The van der Waals surface area contributed by atoms with Crippen LogP contribution in [0.5, 0.6) is 0 Å². The Morgan fingerprint density at radius 1 is 1.00 bits per heavy atom. The number of carbonyl (C=O) groups is 2. The first kappa shape index (κ1) is 17.3. The molecule has 1 N–H and O–H groups in total. The second-order valence-electron chi connectivity index (χ2n) is 9.26. The molecule has 25 heavy (non-hydrogen) atoms. The number of ether oxygens (including phenoxy) is 1. The maximum Gasteiger partial charge on any atom is 0.226 e. The van der Waals surface area contributed by atoms with Crippen LogP contribution in [0.15, 0.2) is 0 Å². The molecule has 2 atom stereocenters. The van der Waals surface area contributed by atoms with E-state index in [0.29, 0.717) is 26.1 Å². The topological polar surface area (TPSA) is 58.6 Å². The summed E-state index contributed by atoms with van der Waals surface area (Å²) >= 11 is 0. The van der Waals surface area contributed by atoms with Crippen molar-refractivity contribution in [3.63, 3.8) is 0 Å². The van der Waals surface area contributed by atoms with Gasteiger partial charge in [0.15, 0.2) is 0 Å². The Balaban J connectivity index is 1.27. The molecule has 5 rings (SSSR count). The molecule has 4 aliphatic carbocycles. The summed E-state index contributed by atoms with van der Waals surface area (Å²) in [6.07, 6.45) is 7.86. The van der Waals surface area contributed by atoms with Crippen LogP contribution in [0, 0.1) is 23.2 Å². The molecule has 0 aromatic rings. The van der Waals surface area contributed by atoms with E-state index in [0.717, 1.165) is 37.0 Å². The maximum atomic E-state index is 12.9. The van der Waals surface area contributed by atoms with Crippen LogP contribution in [-0.4, -0.2) is 48.6 Å². The number of amides is 2. The summed E-state index contributed by atoms with van der Waals surface area (Å²) in [5.41, 5.74) is -0.111. The Kier molecular flexibility index (Phi) is 4.55. The number of carbonyl (C=O) groups excluding carboxylic acids is 2. The summed E-state index contributed by atoms with van der Waals surface area (Å²) in [6.45, 7) is 5.80. The molecule has 0 spiro atoms. The Bertz CT molecular complexity index is 502. The van der Waals surface area contributed by atoms with E-state index in [1.54, 1.807) is 0 Å². The van der Waals surface area contributed by atoms with E-state index in [1.807, 2.05) is 18.7 Å². The van der Waals surface area contributed by atoms with E-state index in [1.165, 1.54) is 19.3 Å². The van der Waals surface area contributed by atoms with E-state index in [2.05, 4.69) is 5.32 Å². The van der Waals surface area contributed by atoms with Gasteiger partial charge in [-0.3, -0.25) is 9.59 Å². The Morgan fingerprint density at radius 2 is 1.52 bits per heavy atom. The van der Waals surface area contributed by atoms with E-state index in [-0.39, 0.29) is 29.4 Å². The van der Waals surface area contributed by atoms with Crippen molar-refractivity contribution in [2.24, 2.45) is 23.2 Å². The number of hydrogen-bond donors (Lipinski definition) is 1. The Morgan fingerprint density at radius 3 is 2.04 bits per heavy atom. The van der Waals surface area contributed by atoms with E-state index in [4.69, 9.17) is 4.74 Å². The van der Waals surface area contributed by atoms with Crippen molar-refractivity contribution in [3.05, 3.63) is 0 Å². The first-order chi connectivity index (χ1) is 11.9. The molecular weight excluding hydrogens is 316 g/mol. The highest BCUT2D eigenvalue weighted by Gasteiger charge is 2.54. The number of nitrogens with one attached hydrogen (secondary N) is 1. The lowest BCUT2D eigenvalue weighted by Gasteiger charge is -2.55. The highest BCUT2D eigenvalue weighted by atomic mass is 16.5. The minimum atomic E-state index is -0.111. The highest BCUT2D eigenvalue weighted by Crippen LogP contribution is 2.60. The lowest BCUT2D eigenvalue weighted by molar-refractivity contribution is -0.147. The predicted molar refractivity (Wildman–Crippen MR) is 94.8 cm³/mol. The van der Waals surface area contributed by atoms with Crippen LogP contribution >= 0.6 is 0 Å². The second-order valence-corrected chi connectivity index (χ2v) is 9.26. The van der Waals surface area contributed by atoms with E-state index < -0.39 is 0 Å².